The van der Waals surface area contributed by atoms with Crippen molar-refractivity contribution >= 4 is 0 Å². The Morgan fingerprint density at radius 2 is 1.75 bits per heavy atom. The summed E-state index contributed by atoms with van der Waals surface area (Å²) in [5.41, 5.74) is -0.145. The summed E-state index contributed by atoms with van der Waals surface area (Å²) in [5, 5.41) is 10.2. The van der Waals surface area contributed by atoms with Crippen molar-refractivity contribution in [3.8, 4) is 11.8 Å². The van der Waals surface area contributed by atoms with Gasteiger partial charge in [-0.25, -0.2) is 0 Å². The predicted molar refractivity (Wildman–Crippen MR) is 68.2 cm³/mol. The van der Waals surface area contributed by atoms with Crippen LogP contribution in [0.25, 0.3) is 0 Å². The highest BCUT2D eigenvalue weighted by atomic mass is 16.3. The lowest BCUT2D eigenvalue weighted by Gasteiger charge is -2.41. The molecule has 16 heavy (non-hydrogen) atoms. The third kappa shape index (κ3) is 3.50. The molecule has 92 valence electrons. The van der Waals surface area contributed by atoms with E-state index in [9.17, 15) is 5.11 Å². The van der Waals surface area contributed by atoms with E-state index in [0.717, 1.165) is 13.1 Å². The molecule has 1 aliphatic rings. The molecule has 0 aromatic carbocycles. The molecule has 0 aromatic rings. The minimum Gasteiger partial charge on any atom is -0.390 e. The molecule has 1 atom stereocenters. The number of aliphatic hydroxyl groups is 1. The van der Waals surface area contributed by atoms with Crippen molar-refractivity contribution in [1.29, 1.82) is 0 Å². The van der Waals surface area contributed by atoms with Gasteiger partial charge >= 0.3 is 0 Å². The van der Waals surface area contributed by atoms with E-state index >= 15 is 0 Å². The van der Waals surface area contributed by atoms with Crippen LogP contribution in [0.3, 0.4) is 0 Å². The highest BCUT2D eigenvalue weighted by molar-refractivity contribution is 5.02. The molecule has 0 spiro atoms. The molecule has 0 aromatic heterocycles. The Hall–Kier alpha value is -0.520. The Morgan fingerprint density at radius 1 is 1.19 bits per heavy atom. The first-order chi connectivity index (χ1) is 7.59. The van der Waals surface area contributed by atoms with Crippen LogP contribution in [0.5, 0.6) is 0 Å². The van der Waals surface area contributed by atoms with E-state index in [1.54, 1.807) is 0 Å². The van der Waals surface area contributed by atoms with Gasteiger partial charge in [-0.2, -0.15) is 0 Å². The zero-order valence-corrected chi connectivity index (χ0v) is 10.9. The minimum atomic E-state index is -0.349. The maximum absolute atomic E-state index is 10.2. The molecule has 0 aliphatic carbocycles. The van der Waals surface area contributed by atoms with Gasteiger partial charge in [-0.05, 0) is 46.7 Å². The lowest BCUT2D eigenvalue weighted by molar-refractivity contribution is -0.00529. The summed E-state index contributed by atoms with van der Waals surface area (Å²) in [7, 11) is 0. The number of nitrogens with zero attached hydrogens (tertiary/aromatic N) is 1. The summed E-state index contributed by atoms with van der Waals surface area (Å²) in [6.45, 7) is 8.33. The maximum atomic E-state index is 10.2. The van der Waals surface area contributed by atoms with Crippen molar-refractivity contribution in [3.63, 3.8) is 0 Å². The second-order valence-electron chi connectivity index (χ2n) is 5.20. The van der Waals surface area contributed by atoms with Gasteiger partial charge in [0.15, 0.2) is 0 Å². The molecule has 1 aliphatic heterocycles. The minimum absolute atomic E-state index is 0.145. The van der Waals surface area contributed by atoms with Crippen molar-refractivity contribution in [1.82, 2.24) is 4.90 Å². The van der Waals surface area contributed by atoms with Gasteiger partial charge in [0.1, 0.15) is 0 Å². The largest absolute Gasteiger partial charge is 0.390 e. The molecule has 0 radical (unpaired) electrons. The van der Waals surface area contributed by atoms with Crippen LogP contribution in [0.4, 0.5) is 0 Å². The van der Waals surface area contributed by atoms with Crippen LogP contribution >= 0.6 is 0 Å². The van der Waals surface area contributed by atoms with Crippen LogP contribution < -0.4 is 0 Å². The van der Waals surface area contributed by atoms with Crippen molar-refractivity contribution < 1.29 is 5.11 Å². The van der Waals surface area contributed by atoms with Gasteiger partial charge < -0.3 is 5.11 Å². The Kier molecular flexibility index (Phi) is 5.31. The summed E-state index contributed by atoms with van der Waals surface area (Å²) >= 11 is 0. The van der Waals surface area contributed by atoms with Gasteiger partial charge in [-0.1, -0.05) is 12.8 Å². The summed E-state index contributed by atoms with van der Waals surface area (Å²) in [4.78, 5) is 2.43. The highest BCUT2D eigenvalue weighted by Crippen LogP contribution is 2.24. The maximum Gasteiger partial charge on any atom is 0.0827 e. The lowest BCUT2D eigenvalue weighted by Crippen LogP contribution is -2.52. The molecule has 1 rings (SSSR count). The van der Waals surface area contributed by atoms with E-state index in [4.69, 9.17) is 0 Å². The SMILES string of the molecule is CC#CCC(O)C(C)(C)N1CCCCCC1. The highest BCUT2D eigenvalue weighted by Gasteiger charge is 2.33. The van der Waals surface area contributed by atoms with E-state index in [1.165, 1.54) is 25.7 Å². The first-order valence-corrected chi connectivity index (χ1v) is 6.41. The Labute approximate surface area is 100 Å². The van der Waals surface area contributed by atoms with Crippen molar-refractivity contribution in [2.24, 2.45) is 0 Å². The molecule has 0 amide bonds. The number of hydrogen-bond donors (Lipinski definition) is 1. The second kappa shape index (κ2) is 6.27. The van der Waals surface area contributed by atoms with Gasteiger partial charge in [0, 0.05) is 12.0 Å². The van der Waals surface area contributed by atoms with Crippen LogP contribution in [-0.2, 0) is 0 Å². The van der Waals surface area contributed by atoms with E-state index in [2.05, 4.69) is 30.6 Å². The molecule has 2 nitrogen and oxygen atoms in total. The van der Waals surface area contributed by atoms with Crippen LogP contribution in [0.1, 0.15) is 52.9 Å². The first kappa shape index (κ1) is 13.5. The van der Waals surface area contributed by atoms with Gasteiger partial charge in [0.05, 0.1) is 6.10 Å². The molecule has 1 heterocycles. The van der Waals surface area contributed by atoms with E-state index in [1.807, 2.05) is 6.92 Å². The van der Waals surface area contributed by atoms with E-state index < -0.39 is 0 Å². The summed E-state index contributed by atoms with van der Waals surface area (Å²) < 4.78 is 0. The van der Waals surface area contributed by atoms with Crippen molar-refractivity contribution in [2.45, 2.75) is 64.5 Å². The molecule has 2 heteroatoms. The van der Waals surface area contributed by atoms with Gasteiger partial charge in [0.2, 0.25) is 0 Å². The molecular formula is C14H25NO. The standard InChI is InChI=1S/C14H25NO/c1-4-5-10-13(16)14(2,3)15-11-8-6-7-9-12-15/h13,16H,6-12H2,1-3H3. The summed E-state index contributed by atoms with van der Waals surface area (Å²) in [5.74, 6) is 5.84. The topological polar surface area (TPSA) is 23.5 Å². The molecule has 1 fully saturated rings. The van der Waals surface area contributed by atoms with E-state index in [-0.39, 0.29) is 11.6 Å². The molecule has 0 saturated carbocycles. The molecule has 1 saturated heterocycles. The average molecular weight is 223 g/mol. The quantitative estimate of drug-likeness (QED) is 0.743. The van der Waals surface area contributed by atoms with Crippen LogP contribution in [0.2, 0.25) is 0 Å². The Morgan fingerprint density at radius 3 is 2.25 bits per heavy atom. The van der Waals surface area contributed by atoms with Crippen molar-refractivity contribution in [3.05, 3.63) is 0 Å². The Balaban J connectivity index is 2.60. The zero-order valence-electron chi connectivity index (χ0n) is 10.9. The monoisotopic (exact) mass is 223 g/mol. The predicted octanol–water partition coefficient (Wildman–Crippen LogP) is 2.42. The van der Waals surface area contributed by atoms with E-state index in [0.29, 0.717) is 6.42 Å². The van der Waals surface area contributed by atoms with Crippen molar-refractivity contribution in [2.75, 3.05) is 13.1 Å². The molecule has 0 bridgehead atoms. The number of likely N-dealkylation sites (tertiary alicyclic amines) is 1. The smallest absolute Gasteiger partial charge is 0.0827 e. The first-order valence-electron chi connectivity index (χ1n) is 6.41. The molecule has 1 N–H and O–H groups in total. The van der Waals surface area contributed by atoms with Crippen LogP contribution in [0.15, 0.2) is 0 Å². The summed E-state index contributed by atoms with van der Waals surface area (Å²) in [6, 6.07) is 0. The molecular weight excluding hydrogens is 198 g/mol. The Bertz CT molecular complexity index is 254. The third-order valence-electron chi connectivity index (χ3n) is 3.71. The average Bonchev–Trinajstić information content (AvgIpc) is 2.54. The molecule has 1 unspecified atom stereocenters. The number of rotatable bonds is 3. The normalized spacial score (nSPS) is 20.8. The van der Waals surface area contributed by atoms with Gasteiger partial charge in [0.25, 0.3) is 0 Å². The lowest BCUT2D eigenvalue weighted by atomic mass is 9.92. The van der Waals surface area contributed by atoms with Gasteiger partial charge in [-0.15, -0.1) is 11.8 Å². The third-order valence-corrected chi connectivity index (χ3v) is 3.71. The fraction of sp³-hybridized carbons (Fsp3) is 0.857. The fourth-order valence-corrected chi connectivity index (χ4v) is 2.31. The number of aliphatic hydroxyl groups excluding tert-OH is 1. The second-order valence-corrected chi connectivity index (χ2v) is 5.20. The fourth-order valence-electron chi connectivity index (χ4n) is 2.31. The summed E-state index contributed by atoms with van der Waals surface area (Å²) in [6.07, 6.45) is 5.41. The zero-order chi connectivity index (χ0) is 12.0. The van der Waals surface area contributed by atoms with Crippen LogP contribution in [-0.4, -0.2) is 34.7 Å². The van der Waals surface area contributed by atoms with Crippen LogP contribution in [0, 0.1) is 11.8 Å². The van der Waals surface area contributed by atoms with Gasteiger partial charge in [-0.3, -0.25) is 4.90 Å². The number of hydrogen-bond acceptors (Lipinski definition) is 2.